The number of nitrogens with one attached hydrogen (secondary N) is 3. The molecule has 0 radical (unpaired) electrons. The Kier molecular flexibility index (Phi) is 16.2. The zero-order valence-corrected chi connectivity index (χ0v) is 35.2. The summed E-state index contributed by atoms with van der Waals surface area (Å²) in [6, 6.07) is 13.6. The molecular formula is C42H55F2N7O4S2. The first-order valence-corrected chi connectivity index (χ1v) is 21.4. The van der Waals surface area contributed by atoms with Crippen molar-refractivity contribution in [3.63, 3.8) is 0 Å². The maximum atomic E-state index is 13.6. The Labute approximate surface area is 343 Å². The first-order chi connectivity index (χ1) is 27.4. The fraction of sp³-hybridized carbons (Fsp3) is 0.500. The number of benzene rings is 2. The quantitative estimate of drug-likeness (QED) is 0.125. The number of alkyl halides is 2. The van der Waals surface area contributed by atoms with Gasteiger partial charge in [-0.15, -0.1) is 0 Å². The number of para-hydroxylation sites is 2. The van der Waals surface area contributed by atoms with Crippen LogP contribution < -0.4 is 20.1 Å². The molecule has 308 valence electrons. The maximum absolute atomic E-state index is 13.6. The van der Waals surface area contributed by atoms with Crippen molar-refractivity contribution in [1.82, 2.24) is 35.1 Å². The lowest BCUT2D eigenvalue weighted by Crippen LogP contribution is -2.56. The molecule has 1 saturated carbocycles. The number of nitrogens with zero attached hydrogens (tertiary/aromatic N) is 4. The molecule has 3 heterocycles. The predicted molar refractivity (Wildman–Crippen MR) is 226 cm³/mol. The smallest absolute Gasteiger partial charge is 0.252 e. The largest absolute Gasteiger partial charge is 0.479 e. The highest BCUT2D eigenvalue weighted by Crippen LogP contribution is 2.33. The average molecular weight is 824 g/mol. The molecule has 2 aromatic carbocycles. The second-order valence-corrected chi connectivity index (χ2v) is 17.2. The summed E-state index contributed by atoms with van der Waals surface area (Å²) in [5, 5.41) is 8.20. The highest BCUT2D eigenvalue weighted by atomic mass is 32.2. The van der Waals surface area contributed by atoms with Gasteiger partial charge in [0.15, 0.2) is 0 Å². The number of allylic oxidation sites excluding steroid dienone is 2. The Morgan fingerprint density at radius 1 is 1.04 bits per heavy atom. The summed E-state index contributed by atoms with van der Waals surface area (Å²) in [4.78, 5) is 52.4. The Morgan fingerprint density at radius 2 is 1.75 bits per heavy atom. The van der Waals surface area contributed by atoms with Crippen molar-refractivity contribution in [2.45, 2.75) is 95.5 Å². The molecule has 15 heteroatoms. The molecule has 6 rings (SSSR count). The van der Waals surface area contributed by atoms with Crippen LogP contribution in [-0.2, 0) is 14.4 Å². The van der Waals surface area contributed by atoms with Crippen LogP contribution in [0.15, 0.2) is 65.7 Å². The van der Waals surface area contributed by atoms with Crippen LogP contribution in [0.4, 0.5) is 8.78 Å². The predicted octanol–water partition coefficient (Wildman–Crippen LogP) is 7.46. The van der Waals surface area contributed by atoms with E-state index in [1.807, 2.05) is 49.5 Å². The minimum Gasteiger partial charge on any atom is -0.479 e. The molecule has 3 aromatic rings. The molecule has 2 aliphatic heterocycles. The zero-order valence-electron chi connectivity index (χ0n) is 33.5. The summed E-state index contributed by atoms with van der Waals surface area (Å²) >= 11 is 2.78. The number of fused-ring (bicyclic) bond motifs is 1. The van der Waals surface area contributed by atoms with E-state index in [1.54, 1.807) is 18.9 Å². The lowest BCUT2D eigenvalue weighted by atomic mass is 10.0. The molecule has 3 amide bonds. The second-order valence-electron chi connectivity index (χ2n) is 15.2. The topological polar surface area (TPSA) is 129 Å². The highest BCUT2D eigenvalue weighted by molar-refractivity contribution is 8.02. The number of hydrogen-bond acceptors (Lipinski definition) is 10. The van der Waals surface area contributed by atoms with E-state index < -0.39 is 36.2 Å². The molecule has 3 N–H and O–H groups in total. The first kappa shape index (κ1) is 43.9. The van der Waals surface area contributed by atoms with E-state index in [0.717, 1.165) is 59.5 Å². The van der Waals surface area contributed by atoms with E-state index in [-0.39, 0.29) is 23.2 Å². The van der Waals surface area contributed by atoms with E-state index in [1.165, 1.54) is 23.8 Å². The number of carbonyl (C=O) groups excluding carboxylic acids is 3. The van der Waals surface area contributed by atoms with Crippen LogP contribution in [0.5, 0.6) is 5.88 Å². The number of aromatic nitrogens is 2. The van der Waals surface area contributed by atoms with Gasteiger partial charge in [0.05, 0.1) is 24.7 Å². The molecule has 1 aromatic heterocycles. The van der Waals surface area contributed by atoms with Crippen molar-refractivity contribution >= 4 is 58.5 Å². The second kappa shape index (κ2) is 21.0. The van der Waals surface area contributed by atoms with Crippen LogP contribution in [0.1, 0.15) is 71.8 Å². The Balaban J connectivity index is 0.00000148. The lowest BCUT2D eigenvalue weighted by Gasteiger charge is -2.29. The number of ether oxygens (including phenoxy) is 1. The lowest BCUT2D eigenvalue weighted by molar-refractivity contribution is -0.139. The number of hydrogen-bond donors (Lipinski definition) is 3. The van der Waals surface area contributed by atoms with Crippen molar-refractivity contribution in [2.75, 3.05) is 27.2 Å². The van der Waals surface area contributed by atoms with E-state index in [4.69, 9.17) is 9.72 Å². The van der Waals surface area contributed by atoms with Crippen molar-refractivity contribution in [3.05, 3.63) is 71.3 Å². The van der Waals surface area contributed by atoms with Crippen LogP contribution in [0.25, 0.3) is 28.4 Å². The molecule has 4 unspecified atom stereocenters. The third kappa shape index (κ3) is 12.4. The SMILES string of the molecule is CC(C)C.COc1nc2ccccc2nc1-c1cccc(/C=C/CCC2=CSC(NCC(=O)N3CCCC3C(=O)NC(C(=O)NSC3CC3)C(C)C(F)F)N2C)c1. The summed E-state index contributed by atoms with van der Waals surface area (Å²) in [6.07, 6.45) is 5.95. The fourth-order valence-electron chi connectivity index (χ4n) is 6.28. The van der Waals surface area contributed by atoms with Gasteiger partial charge in [0.25, 0.3) is 5.91 Å². The number of halogens is 2. The number of thioether (sulfide) groups is 1. The molecule has 3 aliphatic rings. The number of rotatable bonds is 16. The van der Waals surface area contributed by atoms with Crippen molar-refractivity contribution in [3.8, 4) is 17.1 Å². The average Bonchev–Trinajstić information content (AvgIpc) is 3.78. The Bertz CT molecular complexity index is 1910. The van der Waals surface area contributed by atoms with Crippen LogP contribution >= 0.6 is 23.7 Å². The van der Waals surface area contributed by atoms with Gasteiger partial charge < -0.3 is 19.9 Å². The van der Waals surface area contributed by atoms with E-state index >= 15 is 0 Å². The molecule has 1 saturated heterocycles. The maximum Gasteiger partial charge on any atom is 0.252 e. The minimum atomic E-state index is -2.79. The number of likely N-dealkylation sites (tertiary alicyclic amines) is 1. The van der Waals surface area contributed by atoms with Crippen molar-refractivity contribution < 1.29 is 27.9 Å². The first-order valence-electron chi connectivity index (χ1n) is 19.6. The van der Waals surface area contributed by atoms with Gasteiger partial charge in [0.2, 0.25) is 24.1 Å². The summed E-state index contributed by atoms with van der Waals surface area (Å²) in [5.74, 6) is -1.56. The molecule has 11 nitrogen and oxygen atoms in total. The summed E-state index contributed by atoms with van der Waals surface area (Å²) in [7, 11) is 3.57. The fourth-order valence-corrected chi connectivity index (χ4v) is 8.13. The van der Waals surface area contributed by atoms with Gasteiger partial charge in [-0.1, -0.05) is 81.9 Å². The standard InChI is InChI=1S/C38H45F2N7O4S2.C4H10/c1-23(34(39)40)32(36(50)45-53-27-17-18-27)44-35(49)30-16-9-19-47(30)31(48)21-41-38-46(2)26(22-52-38)13-5-4-10-24-11-8-12-25(20-24)33-37(51-3)43-29-15-7-6-14-28(29)42-33;1-4(2)3/h4,6-8,10-12,14-15,20,22-23,27,30,32,34,38,41H,5,9,13,16-19,21H2,1-3H3,(H,44,49)(H,45,50);4H,1-3H3/b10-4+;. The van der Waals surface area contributed by atoms with Gasteiger partial charge in [0, 0.05) is 36.0 Å². The van der Waals surface area contributed by atoms with Gasteiger partial charge >= 0.3 is 0 Å². The zero-order chi connectivity index (χ0) is 41.1. The molecular weight excluding hydrogens is 769 g/mol. The van der Waals surface area contributed by atoms with Crippen LogP contribution in [-0.4, -0.2) is 94.0 Å². The number of carbonyl (C=O) groups is 3. The van der Waals surface area contributed by atoms with Gasteiger partial charge in [-0.05, 0) is 85.6 Å². The Morgan fingerprint density at radius 3 is 2.44 bits per heavy atom. The molecule has 1 aliphatic carbocycles. The monoisotopic (exact) mass is 823 g/mol. The molecule has 2 fully saturated rings. The van der Waals surface area contributed by atoms with E-state index in [9.17, 15) is 23.2 Å². The number of methoxy groups -OCH3 is 1. The molecule has 0 bridgehead atoms. The van der Waals surface area contributed by atoms with Crippen LogP contribution in [0.3, 0.4) is 0 Å². The van der Waals surface area contributed by atoms with Gasteiger partial charge in [-0.2, -0.15) is 0 Å². The van der Waals surface area contributed by atoms with Gasteiger partial charge in [-0.3, -0.25) is 24.4 Å². The normalized spacial score (nSPS) is 19.1. The van der Waals surface area contributed by atoms with Crippen LogP contribution in [0.2, 0.25) is 0 Å². The molecule has 57 heavy (non-hydrogen) atoms. The summed E-state index contributed by atoms with van der Waals surface area (Å²) < 4.78 is 35.5. The Hall–Kier alpha value is -4.21. The third-order valence-corrected chi connectivity index (χ3v) is 11.8. The minimum absolute atomic E-state index is 0.00486. The van der Waals surface area contributed by atoms with E-state index in [2.05, 4.69) is 69.6 Å². The highest BCUT2D eigenvalue weighted by Gasteiger charge is 2.39. The third-order valence-electron chi connectivity index (χ3n) is 9.56. The molecule has 4 atom stereocenters. The summed E-state index contributed by atoms with van der Waals surface area (Å²) in [5.41, 5.74) is 5.18. The molecule has 0 spiro atoms. The van der Waals surface area contributed by atoms with Gasteiger partial charge in [0.1, 0.15) is 23.3 Å². The van der Waals surface area contributed by atoms with Gasteiger partial charge in [-0.25, -0.2) is 18.7 Å². The summed E-state index contributed by atoms with van der Waals surface area (Å²) in [6.45, 7) is 8.13. The number of amides is 3. The van der Waals surface area contributed by atoms with E-state index in [0.29, 0.717) is 31.0 Å². The van der Waals surface area contributed by atoms with Crippen molar-refractivity contribution in [1.29, 1.82) is 0 Å². The van der Waals surface area contributed by atoms with Crippen molar-refractivity contribution in [2.24, 2.45) is 11.8 Å². The van der Waals surface area contributed by atoms with Crippen LogP contribution in [0, 0.1) is 11.8 Å².